The molecule has 1 N–H and O–H groups in total. The van der Waals surface area contributed by atoms with E-state index in [0.29, 0.717) is 10.9 Å². The second kappa shape index (κ2) is 29.4. The fourth-order valence-corrected chi connectivity index (χ4v) is 7.30. The smallest absolute Gasteiger partial charge is 0.266 e. The van der Waals surface area contributed by atoms with Crippen molar-refractivity contribution in [3.8, 4) is 0 Å². The Hall–Kier alpha value is -0.520. The second-order valence-electron chi connectivity index (χ2n) is 15.1. The van der Waals surface area contributed by atoms with Crippen LogP contribution in [0.25, 0.3) is 0 Å². The molecule has 0 saturated carbocycles. The van der Waals surface area contributed by atoms with Crippen LogP contribution in [0.4, 0.5) is 0 Å². The summed E-state index contributed by atoms with van der Waals surface area (Å²) in [7, 11) is 0.731. The number of carbonyl (C=O) groups is 1. The molecule has 0 heterocycles. The zero-order valence-corrected chi connectivity index (χ0v) is 32.2. The molecule has 0 bridgehead atoms. The third-order valence-electron chi connectivity index (χ3n) is 9.13. The van der Waals surface area contributed by atoms with Crippen LogP contribution in [0.1, 0.15) is 200 Å². The standard InChI is InChI=1S/C39H78NO5P/c1-6-8-10-12-14-16-18-20-22-23-25-27-29-31-33-35-38(41)39(37-40(3,4)5,45-46(42,43)44)36-34-32-30-28-26-24-21-19-17-15-13-11-9-7-2/h20,22H,6-19,21,23-37H2,1-5H3,(H-,42,43,44)/b22-20-. The Balaban J connectivity index is 4.47. The van der Waals surface area contributed by atoms with Crippen molar-refractivity contribution in [3.63, 3.8) is 0 Å². The predicted molar refractivity (Wildman–Crippen MR) is 196 cm³/mol. The first kappa shape index (κ1) is 45.5. The third-order valence-corrected chi connectivity index (χ3v) is 9.71. The van der Waals surface area contributed by atoms with Gasteiger partial charge in [0.1, 0.15) is 6.54 Å². The maximum atomic E-state index is 13.6. The van der Waals surface area contributed by atoms with Gasteiger partial charge < -0.3 is 14.3 Å². The molecular weight excluding hydrogens is 593 g/mol. The van der Waals surface area contributed by atoms with Gasteiger partial charge in [0.15, 0.2) is 11.4 Å². The van der Waals surface area contributed by atoms with Crippen LogP contribution in [0.3, 0.4) is 0 Å². The molecule has 0 aromatic carbocycles. The number of quaternary nitrogens is 1. The molecule has 46 heavy (non-hydrogen) atoms. The minimum Gasteiger partial charge on any atom is -0.756 e. The van der Waals surface area contributed by atoms with Gasteiger partial charge in [0.05, 0.1) is 21.1 Å². The van der Waals surface area contributed by atoms with Crippen LogP contribution >= 0.6 is 7.82 Å². The number of unbranched alkanes of at least 4 members (excludes halogenated alkanes) is 24. The molecule has 0 aliphatic heterocycles. The number of Topliss-reactive ketones (excluding diaryl/α,β-unsaturated/α-hetero) is 1. The number of phosphoric ester groups is 1. The molecular formula is C39H78NO5P. The van der Waals surface area contributed by atoms with E-state index in [1.54, 1.807) is 0 Å². The van der Waals surface area contributed by atoms with E-state index < -0.39 is 13.4 Å². The molecule has 0 amide bonds. The summed E-state index contributed by atoms with van der Waals surface area (Å²) >= 11 is 0. The summed E-state index contributed by atoms with van der Waals surface area (Å²) in [5, 5.41) is 0. The van der Waals surface area contributed by atoms with E-state index in [4.69, 9.17) is 4.52 Å². The van der Waals surface area contributed by atoms with E-state index in [1.807, 2.05) is 21.1 Å². The second-order valence-corrected chi connectivity index (χ2v) is 16.2. The van der Waals surface area contributed by atoms with Gasteiger partial charge in [-0.2, -0.15) is 0 Å². The number of nitrogens with zero attached hydrogens (tertiary/aromatic N) is 1. The Bertz CT molecular complexity index is 775. The molecule has 0 radical (unpaired) electrons. The van der Waals surface area contributed by atoms with Crippen molar-refractivity contribution >= 4 is 13.6 Å². The fraction of sp³-hybridized carbons (Fsp3) is 0.923. The summed E-state index contributed by atoms with van der Waals surface area (Å²) in [6, 6.07) is 0. The van der Waals surface area contributed by atoms with E-state index in [0.717, 1.165) is 51.4 Å². The number of phosphoric acid groups is 1. The molecule has 0 aliphatic rings. The lowest BCUT2D eigenvalue weighted by Crippen LogP contribution is -2.55. The number of ketones is 1. The van der Waals surface area contributed by atoms with Crippen molar-refractivity contribution in [1.29, 1.82) is 0 Å². The molecule has 0 fully saturated rings. The first-order valence-corrected chi connectivity index (χ1v) is 21.2. The van der Waals surface area contributed by atoms with Gasteiger partial charge in [0.2, 0.25) is 0 Å². The summed E-state index contributed by atoms with van der Waals surface area (Å²) < 4.78 is 17.7. The van der Waals surface area contributed by atoms with Crippen molar-refractivity contribution in [1.82, 2.24) is 0 Å². The van der Waals surface area contributed by atoms with Crippen LogP contribution in [-0.2, 0) is 13.9 Å². The maximum absolute atomic E-state index is 13.6. The molecule has 2 atom stereocenters. The molecule has 0 aromatic heterocycles. The number of hydrogen-bond donors (Lipinski definition) is 1. The highest BCUT2D eigenvalue weighted by Crippen LogP contribution is 2.42. The highest BCUT2D eigenvalue weighted by molar-refractivity contribution is 7.44. The van der Waals surface area contributed by atoms with Crippen molar-refractivity contribution in [3.05, 3.63) is 12.2 Å². The van der Waals surface area contributed by atoms with E-state index in [2.05, 4.69) is 26.0 Å². The average molecular weight is 672 g/mol. The van der Waals surface area contributed by atoms with E-state index in [-0.39, 0.29) is 18.7 Å². The van der Waals surface area contributed by atoms with E-state index in [1.165, 1.54) is 122 Å². The van der Waals surface area contributed by atoms with Crippen LogP contribution in [0.5, 0.6) is 0 Å². The van der Waals surface area contributed by atoms with Gasteiger partial charge >= 0.3 is 0 Å². The SMILES string of the molecule is CCCCCCCC/C=C\CCCCCCCC(=O)C(CCCCCCCCCCCCCCCC)(C[N+](C)(C)C)OP(=O)([O-])O. The van der Waals surface area contributed by atoms with E-state index in [9.17, 15) is 19.1 Å². The number of carbonyl (C=O) groups excluding carboxylic acids is 1. The van der Waals surface area contributed by atoms with Gasteiger partial charge in [0.25, 0.3) is 7.82 Å². The quantitative estimate of drug-likeness (QED) is 0.0313. The molecule has 0 spiro atoms. The summed E-state index contributed by atoms with van der Waals surface area (Å²) in [5.41, 5.74) is -1.50. The lowest BCUT2D eigenvalue weighted by molar-refractivity contribution is -0.875. The van der Waals surface area contributed by atoms with Gasteiger partial charge in [-0.15, -0.1) is 0 Å². The molecule has 6 nitrogen and oxygen atoms in total. The minimum atomic E-state index is -5.08. The van der Waals surface area contributed by atoms with Crippen molar-refractivity contribution in [2.24, 2.45) is 0 Å². The lowest BCUT2D eigenvalue weighted by Gasteiger charge is -2.40. The van der Waals surface area contributed by atoms with Crippen LogP contribution in [0.15, 0.2) is 12.2 Å². The molecule has 0 saturated heterocycles. The normalized spacial score (nSPS) is 14.9. The predicted octanol–water partition coefficient (Wildman–Crippen LogP) is 11.4. The van der Waals surface area contributed by atoms with E-state index >= 15 is 0 Å². The number of hydrogen-bond acceptors (Lipinski definition) is 4. The molecule has 274 valence electrons. The monoisotopic (exact) mass is 672 g/mol. The number of rotatable bonds is 35. The highest BCUT2D eigenvalue weighted by Gasteiger charge is 2.45. The number of likely N-dealkylation sites (N-methyl/N-ethyl adjacent to an activating group) is 1. The summed E-state index contributed by atoms with van der Waals surface area (Å²) in [5.74, 6) is -0.182. The summed E-state index contributed by atoms with van der Waals surface area (Å²) in [6.45, 7) is 4.74. The first-order chi connectivity index (χ1) is 22.0. The largest absolute Gasteiger partial charge is 0.756 e. The Morgan fingerprint density at radius 1 is 0.630 bits per heavy atom. The Morgan fingerprint density at radius 2 is 0.978 bits per heavy atom. The van der Waals surface area contributed by atoms with Crippen LogP contribution in [-0.4, -0.2) is 48.4 Å². The summed E-state index contributed by atoms with van der Waals surface area (Å²) in [6.07, 6.45) is 37.9. The third kappa shape index (κ3) is 29.6. The van der Waals surface area contributed by atoms with Gasteiger partial charge in [-0.25, -0.2) is 0 Å². The topological polar surface area (TPSA) is 86.7 Å². The van der Waals surface area contributed by atoms with Crippen LogP contribution in [0.2, 0.25) is 0 Å². The average Bonchev–Trinajstić information content (AvgIpc) is 2.97. The first-order valence-electron chi connectivity index (χ1n) is 19.7. The van der Waals surface area contributed by atoms with Crippen molar-refractivity contribution in [2.45, 2.75) is 206 Å². The maximum Gasteiger partial charge on any atom is 0.266 e. The van der Waals surface area contributed by atoms with Gasteiger partial charge in [-0.05, 0) is 44.9 Å². The lowest BCUT2D eigenvalue weighted by atomic mass is 9.87. The van der Waals surface area contributed by atoms with Crippen molar-refractivity contribution < 1.29 is 28.2 Å². The minimum absolute atomic E-state index is 0.182. The van der Waals surface area contributed by atoms with Gasteiger partial charge in [-0.1, -0.05) is 161 Å². The molecule has 0 aromatic rings. The molecule has 0 aliphatic carbocycles. The van der Waals surface area contributed by atoms with Gasteiger partial charge in [-0.3, -0.25) is 13.9 Å². The Kier molecular flexibility index (Phi) is 29.1. The fourth-order valence-electron chi connectivity index (χ4n) is 6.61. The Labute approximate surface area is 286 Å². The molecule has 7 heteroatoms. The zero-order valence-electron chi connectivity index (χ0n) is 31.3. The zero-order chi connectivity index (χ0) is 34.4. The van der Waals surface area contributed by atoms with Gasteiger partial charge in [0, 0.05) is 6.42 Å². The molecule has 0 rings (SSSR count). The summed E-state index contributed by atoms with van der Waals surface area (Å²) in [4.78, 5) is 35.3. The highest BCUT2D eigenvalue weighted by atomic mass is 31.2. The number of allylic oxidation sites excluding steroid dienone is 2. The Morgan fingerprint density at radius 3 is 1.35 bits per heavy atom. The van der Waals surface area contributed by atoms with Crippen LogP contribution in [0, 0.1) is 0 Å². The molecule has 2 unspecified atom stereocenters. The van der Waals surface area contributed by atoms with Crippen LogP contribution < -0.4 is 4.89 Å². The van der Waals surface area contributed by atoms with Crippen molar-refractivity contribution in [2.75, 3.05) is 27.7 Å².